The van der Waals surface area contributed by atoms with Crippen molar-refractivity contribution in [3.05, 3.63) is 42.5 Å². The lowest BCUT2D eigenvalue weighted by molar-refractivity contribution is -0.136. The first-order chi connectivity index (χ1) is 21.4. The highest BCUT2D eigenvalue weighted by Crippen LogP contribution is 2.28. The Kier molecular flexibility index (Phi) is 12.9. The smallest absolute Gasteiger partial charge is 0.404 e. The molecule has 1 heterocycles. The van der Waals surface area contributed by atoms with Crippen LogP contribution in [0, 0.1) is 5.92 Å². The van der Waals surface area contributed by atoms with Crippen molar-refractivity contribution in [2.75, 3.05) is 32.7 Å². The molecule has 15 nitrogen and oxygen atoms in total. The van der Waals surface area contributed by atoms with Crippen LogP contribution < -0.4 is 21.2 Å². The van der Waals surface area contributed by atoms with Crippen LogP contribution in [0.3, 0.4) is 0 Å². The first-order valence-electron chi connectivity index (χ1n) is 14.6. The number of likely N-dealkylation sites (tertiary alicyclic amines) is 1. The third kappa shape index (κ3) is 11.5. The molecule has 246 valence electrons. The lowest BCUT2D eigenvalue weighted by Gasteiger charge is -2.31. The van der Waals surface area contributed by atoms with Crippen molar-refractivity contribution in [3.8, 4) is 0 Å². The van der Waals surface area contributed by atoms with E-state index in [1.54, 1.807) is 24.5 Å². The Balaban J connectivity index is 0.00000130. The molecular weight excluding hydrogens is 606 g/mol. The zero-order valence-electron chi connectivity index (χ0n) is 25.1. The van der Waals surface area contributed by atoms with Crippen LogP contribution in [0.1, 0.15) is 39.0 Å². The summed E-state index contributed by atoms with van der Waals surface area (Å²) in [6.45, 7) is 2.99. The fourth-order valence-electron chi connectivity index (χ4n) is 5.09. The third-order valence-electron chi connectivity index (χ3n) is 7.28. The molecule has 0 bridgehead atoms. The zero-order valence-corrected chi connectivity index (χ0v) is 25.9. The van der Waals surface area contributed by atoms with Gasteiger partial charge in [-0.2, -0.15) is 9.82 Å². The van der Waals surface area contributed by atoms with E-state index in [4.69, 9.17) is 20.9 Å². The molecule has 2 aromatic carbocycles. The molecular formula is C29H41N7O8S. The summed E-state index contributed by atoms with van der Waals surface area (Å²) in [5.74, 6) is 3.55. The minimum Gasteiger partial charge on any atom is -0.481 e. The van der Waals surface area contributed by atoms with Crippen LogP contribution in [-0.4, -0.2) is 103 Å². The standard InChI is InChI=1S/C27H37N7O6S.C2H4O2/c28-31-18-33-12-3-4-19(17-33)16-30-25(35)15-24(26(36)34(22-8-9-22)13-11-29-27(37)38)32-41(39,40)23-10-7-20-5-1-2-6-21(20)14-23;1-2(3)4/h1-2,5-7,10,14,18-19,22,24,29,32H,3-4,8-9,11-13,15-17,28H2,(H,30,35)(H,37,38);1H3,(H,3,4)/t19-,24-;/m0./s1. The van der Waals surface area contributed by atoms with Gasteiger partial charge in [0.15, 0.2) is 0 Å². The summed E-state index contributed by atoms with van der Waals surface area (Å²) in [6, 6.07) is 10.5. The summed E-state index contributed by atoms with van der Waals surface area (Å²) in [5.41, 5.74) is 0. The van der Waals surface area contributed by atoms with Gasteiger partial charge in [0.25, 0.3) is 5.97 Å². The van der Waals surface area contributed by atoms with Crippen molar-refractivity contribution >= 4 is 51.0 Å². The van der Waals surface area contributed by atoms with Crippen molar-refractivity contribution in [2.45, 2.75) is 56.0 Å². The van der Waals surface area contributed by atoms with Gasteiger partial charge in [0, 0.05) is 45.7 Å². The van der Waals surface area contributed by atoms with E-state index in [-0.39, 0.29) is 29.9 Å². The number of fused-ring (bicyclic) bond motifs is 1. The minimum absolute atomic E-state index is 0.0157. The van der Waals surface area contributed by atoms with E-state index < -0.39 is 46.4 Å². The summed E-state index contributed by atoms with van der Waals surface area (Å²) in [6.07, 6.45) is 3.20. The Morgan fingerprint density at radius 2 is 1.78 bits per heavy atom. The molecule has 2 aromatic rings. The van der Waals surface area contributed by atoms with Crippen LogP contribution in [0.2, 0.25) is 0 Å². The number of carbonyl (C=O) groups is 4. The Bertz CT molecular complexity index is 1480. The quantitative estimate of drug-likeness (QED) is 0.0781. The second kappa shape index (κ2) is 16.6. The maximum Gasteiger partial charge on any atom is 0.404 e. The Labute approximate surface area is 261 Å². The van der Waals surface area contributed by atoms with Crippen LogP contribution in [0.5, 0.6) is 0 Å². The number of nitrogens with two attached hydrogens (primary N) is 1. The van der Waals surface area contributed by atoms with E-state index in [1.807, 2.05) is 17.0 Å². The topological polar surface area (TPSA) is 224 Å². The van der Waals surface area contributed by atoms with Crippen molar-refractivity contribution in [2.24, 2.45) is 16.9 Å². The average Bonchev–Trinajstić information content (AvgIpc) is 3.83. The number of amides is 3. The number of benzene rings is 2. The minimum atomic E-state index is -4.18. The normalized spacial score (nSPS) is 17.2. The molecule has 0 spiro atoms. The number of hydrazone groups is 1. The number of sulfonamides is 1. The maximum atomic E-state index is 13.7. The number of aliphatic carboxylic acids is 1. The van der Waals surface area contributed by atoms with Crippen molar-refractivity contribution in [3.63, 3.8) is 0 Å². The fourth-order valence-corrected chi connectivity index (χ4v) is 6.31. The Morgan fingerprint density at radius 1 is 1.09 bits per heavy atom. The molecule has 16 heteroatoms. The molecule has 0 radical (unpaired) electrons. The number of carboxylic acid groups (broad SMARTS) is 2. The highest BCUT2D eigenvalue weighted by molar-refractivity contribution is 7.89. The highest BCUT2D eigenvalue weighted by Gasteiger charge is 2.38. The number of hydrogen-bond donors (Lipinski definition) is 6. The van der Waals surface area contributed by atoms with Crippen molar-refractivity contribution in [1.29, 1.82) is 0 Å². The van der Waals surface area contributed by atoms with Gasteiger partial charge in [-0.25, -0.2) is 13.2 Å². The molecule has 1 aliphatic carbocycles. The van der Waals surface area contributed by atoms with Crippen LogP contribution in [0.4, 0.5) is 4.79 Å². The van der Waals surface area contributed by atoms with Gasteiger partial charge in [-0.3, -0.25) is 14.4 Å². The molecule has 0 unspecified atom stereocenters. The van der Waals surface area contributed by atoms with E-state index >= 15 is 0 Å². The second-order valence-electron chi connectivity index (χ2n) is 11.0. The van der Waals surface area contributed by atoms with E-state index in [0.717, 1.165) is 49.9 Å². The molecule has 0 aromatic heterocycles. The molecule has 45 heavy (non-hydrogen) atoms. The van der Waals surface area contributed by atoms with Crippen LogP contribution in [0.25, 0.3) is 10.8 Å². The van der Waals surface area contributed by atoms with Gasteiger partial charge in [0.2, 0.25) is 21.8 Å². The number of carboxylic acids is 1. The SMILES string of the molecule is CC(=O)O.NN=CN1CCC[C@@H](CNC(=O)C[C@H](NS(=O)(=O)c2ccc3ccccc3c2)C(=O)N(CCNC(=O)O)C2CC2)C1. The highest BCUT2D eigenvalue weighted by atomic mass is 32.2. The number of piperidine rings is 1. The zero-order chi connectivity index (χ0) is 33.0. The fraction of sp³-hybridized carbons (Fsp3) is 0.483. The van der Waals surface area contributed by atoms with Gasteiger partial charge in [0.1, 0.15) is 12.4 Å². The molecule has 7 N–H and O–H groups in total. The van der Waals surface area contributed by atoms with Crippen LogP contribution >= 0.6 is 0 Å². The summed E-state index contributed by atoms with van der Waals surface area (Å²) in [4.78, 5) is 50.1. The van der Waals surface area contributed by atoms with E-state index in [2.05, 4.69) is 20.5 Å². The molecule has 4 rings (SSSR count). The maximum absolute atomic E-state index is 13.7. The lowest BCUT2D eigenvalue weighted by atomic mass is 9.98. The van der Waals surface area contributed by atoms with Crippen LogP contribution in [0.15, 0.2) is 52.5 Å². The summed E-state index contributed by atoms with van der Waals surface area (Å²) < 4.78 is 29.4. The lowest BCUT2D eigenvalue weighted by Crippen LogP contribution is -2.52. The Morgan fingerprint density at radius 3 is 2.42 bits per heavy atom. The molecule has 1 aliphatic heterocycles. The molecule has 2 aliphatic rings. The first-order valence-corrected chi connectivity index (χ1v) is 16.1. The number of hydrogen-bond acceptors (Lipinski definition) is 8. The van der Waals surface area contributed by atoms with Gasteiger partial charge in [-0.15, -0.1) is 0 Å². The van der Waals surface area contributed by atoms with Crippen molar-refractivity contribution < 1.29 is 37.8 Å². The third-order valence-corrected chi connectivity index (χ3v) is 8.75. The van der Waals surface area contributed by atoms with E-state index in [0.29, 0.717) is 13.1 Å². The summed E-state index contributed by atoms with van der Waals surface area (Å²) >= 11 is 0. The Hall–Kier alpha value is -4.44. The predicted molar refractivity (Wildman–Crippen MR) is 167 cm³/mol. The predicted octanol–water partition coefficient (Wildman–Crippen LogP) is 0.957. The number of nitrogens with one attached hydrogen (secondary N) is 3. The van der Waals surface area contributed by atoms with Crippen LogP contribution in [-0.2, 0) is 24.4 Å². The molecule has 2 fully saturated rings. The van der Waals surface area contributed by atoms with Gasteiger partial charge < -0.3 is 36.5 Å². The molecule has 1 saturated heterocycles. The summed E-state index contributed by atoms with van der Waals surface area (Å²) in [7, 11) is -4.18. The van der Waals surface area contributed by atoms with Gasteiger partial charge in [-0.1, -0.05) is 30.3 Å². The first kappa shape index (κ1) is 35.0. The average molecular weight is 648 g/mol. The number of rotatable bonds is 13. The van der Waals surface area contributed by atoms with E-state index in [9.17, 15) is 22.8 Å². The largest absolute Gasteiger partial charge is 0.481 e. The van der Waals surface area contributed by atoms with Gasteiger partial charge in [0.05, 0.1) is 11.3 Å². The molecule has 2 atom stereocenters. The monoisotopic (exact) mass is 647 g/mol. The summed E-state index contributed by atoms with van der Waals surface area (Å²) in [5, 5.41) is 26.6. The van der Waals surface area contributed by atoms with Gasteiger partial charge in [-0.05, 0) is 54.5 Å². The van der Waals surface area contributed by atoms with Crippen molar-refractivity contribution in [1.82, 2.24) is 25.2 Å². The van der Waals surface area contributed by atoms with Gasteiger partial charge >= 0.3 is 6.09 Å². The molecule has 1 saturated carbocycles. The van der Waals surface area contributed by atoms with E-state index in [1.165, 1.54) is 17.0 Å². The molecule has 3 amide bonds. The number of nitrogens with zero attached hydrogens (tertiary/aromatic N) is 3. The second-order valence-corrected chi connectivity index (χ2v) is 12.7. The number of carbonyl (C=O) groups excluding carboxylic acids is 2.